The average molecular weight is 207 g/mol. The van der Waals surface area contributed by atoms with Crippen LogP contribution in [0.5, 0.6) is 0 Å². The van der Waals surface area contributed by atoms with Gasteiger partial charge in [0.25, 0.3) is 0 Å². The highest BCUT2D eigenvalue weighted by Gasteiger charge is 2.06. The third kappa shape index (κ3) is 7.61. The minimum Gasteiger partial charge on any atom is -0.453 e. The van der Waals surface area contributed by atoms with Crippen molar-refractivity contribution in [2.45, 2.75) is 6.42 Å². The van der Waals surface area contributed by atoms with Crippen molar-refractivity contribution in [3.63, 3.8) is 0 Å². The fraction of sp³-hybridized carbons (Fsp3) is 0.714. The maximum Gasteiger partial charge on any atom is 0.413 e. The van der Waals surface area contributed by atoms with Crippen molar-refractivity contribution in [1.82, 2.24) is 5.32 Å². The number of hydrogen-bond donors (Lipinski definition) is 2. The molecule has 0 rings (SSSR count). The van der Waals surface area contributed by atoms with Crippen molar-refractivity contribution in [2.24, 2.45) is 0 Å². The number of alkyl carbamates (subject to hydrolysis) is 1. The van der Waals surface area contributed by atoms with Crippen LogP contribution in [-0.2, 0) is 9.53 Å². The van der Waals surface area contributed by atoms with E-state index >= 15 is 0 Å². The molecule has 0 aliphatic heterocycles. The Morgan fingerprint density at radius 2 is 2.23 bits per heavy atom. The lowest BCUT2D eigenvalue weighted by molar-refractivity contribution is -0.117. The van der Waals surface area contributed by atoms with E-state index in [9.17, 15) is 9.59 Å². The second-order valence-electron chi connectivity index (χ2n) is 2.17. The van der Waals surface area contributed by atoms with E-state index in [-0.39, 0.29) is 18.3 Å². The number of amides is 2. The number of imide groups is 1. The summed E-state index contributed by atoms with van der Waals surface area (Å²) in [6, 6.07) is 0. The van der Waals surface area contributed by atoms with E-state index in [0.29, 0.717) is 12.2 Å². The Bertz CT molecular complexity index is 174. The molecule has 2 N–H and O–H groups in total. The number of methoxy groups -OCH3 is 1. The molecule has 0 aliphatic carbocycles. The van der Waals surface area contributed by atoms with Crippen molar-refractivity contribution in [3.8, 4) is 0 Å². The number of hydrogen-bond acceptors (Lipinski definition) is 5. The lowest BCUT2D eigenvalue weighted by Gasteiger charge is -2.01. The smallest absolute Gasteiger partial charge is 0.413 e. The maximum absolute atomic E-state index is 10.9. The van der Waals surface area contributed by atoms with Crippen LogP contribution >= 0.6 is 11.8 Å². The summed E-state index contributed by atoms with van der Waals surface area (Å²) in [6.45, 7) is 0.117. The number of carbonyl (C=O) groups excluding carboxylic acids is 2. The van der Waals surface area contributed by atoms with Gasteiger partial charge < -0.3 is 9.84 Å². The van der Waals surface area contributed by atoms with Gasteiger partial charge in [-0.2, -0.15) is 11.8 Å². The van der Waals surface area contributed by atoms with Crippen LogP contribution in [0.2, 0.25) is 0 Å². The standard InChI is InChI=1S/C7H13NO4S/c1-12-7(11)8-6(10)5-13-4-2-3-9/h9H,2-5H2,1H3,(H,8,10,11). The largest absolute Gasteiger partial charge is 0.453 e. The predicted octanol–water partition coefficient (Wildman–Crippen LogP) is -0.0154. The molecule has 2 amide bonds. The third-order valence-electron chi connectivity index (χ3n) is 1.11. The molecule has 0 fully saturated rings. The number of carbonyl (C=O) groups is 2. The van der Waals surface area contributed by atoms with Crippen molar-refractivity contribution >= 4 is 23.8 Å². The third-order valence-corrected chi connectivity index (χ3v) is 2.15. The summed E-state index contributed by atoms with van der Waals surface area (Å²) in [4.78, 5) is 21.4. The number of rotatable bonds is 5. The van der Waals surface area contributed by atoms with Gasteiger partial charge >= 0.3 is 6.09 Å². The molecule has 0 saturated carbocycles. The van der Waals surface area contributed by atoms with Gasteiger partial charge in [0.05, 0.1) is 12.9 Å². The van der Waals surface area contributed by atoms with Crippen LogP contribution < -0.4 is 5.32 Å². The van der Waals surface area contributed by atoms with Crippen LogP contribution in [0.4, 0.5) is 4.79 Å². The molecule has 13 heavy (non-hydrogen) atoms. The molecule has 0 aliphatic rings. The average Bonchev–Trinajstić information content (AvgIpc) is 2.12. The fourth-order valence-corrected chi connectivity index (χ4v) is 1.27. The van der Waals surface area contributed by atoms with Gasteiger partial charge in [0.1, 0.15) is 0 Å². The van der Waals surface area contributed by atoms with E-state index in [2.05, 4.69) is 4.74 Å². The topological polar surface area (TPSA) is 75.6 Å². The zero-order chi connectivity index (χ0) is 10.1. The predicted molar refractivity (Wildman–Crippen MR) is 49.6 cm³/mol. The summed E-state index contributed by atoms with van der Waals surface area (Å²) in [5.74, 6) is 0.523. The molecule has 0 aromatic rings. The molecule has 0 radical (unpaired) electrons. The van der Waals surface area contributed by atoms with Crippen molar-refractivity contribution < 1.29 is 19.4 Å². The van der Waals surface area contributed by atoms with Crippen LogP contribution in [0, 0.1) is 0 Å². The molecule has 0 aromatic heterocycles. The van der Waals surface area contributed by atoms with Crippen LogP contribution in [0.3, 0.4) is 0 Å². The molecule has 0 spiro atoms. The Hall–Kier alpha value is -0.750. The fourth-order valence-electron chi connectivity index (χ4n) is 0.532. The van der Waals surface area contributed by atoms with Crippen molar-refractivity contribution in [3.05, 3.63) is 0 Å². The first-order chi connectivity index (χ1) is 6.20. The summed E-state index contributed by atoms with van der Waals surface area (Å²) in [7, 11) is 1.20. The lowest BCUT2D eigenvalue weighted by Crippen LogP contribution is -2.31. The number of aliphatic hydroxyl groups is 1. The minimum absolute atomic E-state index is 0.117. The molecule has 0 atom stereocenters. The van der Waals surface area contributed by atoms with Crippen molar-refractivity contribution in [2.75, 3.05) is 25.2 Å². The Labute approximate surface area is 80.8 Å². The molecular weight excluding hydrogens is 194 g/mol. The van der Waals surface area contributed by atoms with E-state index in [1.54, 1.807) is 0 Å². The first-order valence-electron chi connectivity index (χ1n) is 3.77. The number of aliphatic hydroxyl groups excluding tert-OH is 1. The Morgan fingerprint density at radius 3 is 2.77 bits per heavy atom. The van der Waals surface area contributed by atoms with Gasteiger partial charge in [-0.25, -0.2) is 4.79 Å². The van der Waals surface area contributed by atoms with Gasteiger partial charge in [-0.3, -0.25) is 10.1 Å². The molecule has 0 unspecified atom stereocenters. The number of thioether (sulfide) groups is 1. The molecule has 0 bridgehead atoms. The van der Waals surface area contributed by atoms with Gasteiger partial charge in [0.2, 0.25) is 5.91 Å². The summed E-state index contributed by atoms with van der Waals surface area (Å²) >= 11 is 1.36. The summed E-state index contributed by atoms with van der Waals surface area (Å²) in [5, 5.41) is 10.5. The van der Waals surface area contributed by atoms with Crippen LogP contribution in [0.1, 0.15) is 6.42 Å². The SMILES string of the molecule is COC(=O)NC(=O)CSCCCO. The first kappa shape index (κ1) is 12.2. The molecule has 0 aromatic carbocycles. The van der Waals surface area contributed by atoms with Gasteiger partial charge in [0.15, 0.2) is 0 Å². The quantitative estimate of drug-likeness (QED) is 0.620. The summed E-state index contributed by atoms with van der Waals surface area (Å²) < 4.78 is 4.23. The minimum atomic E-state index is -0.743. The second kappa shape index (κ2) is 7.88. The molecule has 5 nitrogen and oxygen atoms in total. The van der Waals surface area contributed by atoms with E-state index in [1.807, 2.05) is 5.32 Å². The van der Waals surface area contributed by atoms with Gasteiger partial charge in [-0.1, -0.05) is 0 Å². The number of ether oxygens (including phenoxy) is 1. The zero-order valence-electron chi connectivity index (χ0n) is 7.41. The highest BCUT2D eigenvalue weighted by Crippen LogP contribution is 2.00. The second-order valence-corrected chi connectivity index (χ2v) is 3.27. The molecule has 0 saturated heterocycles. The molecule has 76 valence electrons. The summed E-state index contributed by atoms with van der Waals surface area (Å²) in [5.41, 5.74) is 0. The van der Waals surface area contributed by atoms with Crippen LogP contribution in [-0.4, -0.2) is 42.3 Å². The van der Waals surface area contributed by atoms with E-state index < -0.39 is 6.09 Å². The van der Waals surface area contributed by atoms with Gasteiger partial charge in [0, 0.05) is 6.61 Å². The van der Waals surface area contributed by atoms with Crippen LogP contribution in [0.15, 0.2) is 0 Å². The maximum atomic E-state index is 10.9. The monoisotopic (exact) mass is 207 g/mol. The Balaban J connectivity index is 3.35. The highest BCUT2D eigenvalue weighted by molar-refractivity contribution is 7.99. The van der Waals surface area contributed by atoms with Crippen molar-refractivity contribution in [1.29, 1.82) is 0 Å². The van der Waals surface area contributed by atoms with Crippen LogP contribution in [0.25, 0.3) is 0 Å². The Kier molecular flexibility index (Phi) is 7.42. The van der Waals surface area contributed by atoms with Gasteiger partial charge in [-0.05, 0) is 12.2 Å². The molecule has 0 heterocycles. The molecular formula is C7H13NO4S. The number of nitrogens with one attached hydrogen (secondary N) is 1. The summed E-state index contributed by atoms with van der Waals surface area (Å²) in [6.07, 6.45) is -0.0938. The first-order valence-corrected chi connectivity index (χ1v) is 4.92. The lowest BCUT2D eigenvalue weighted by atomic mass is 10.5. The van der Waals surface area contributed by atoms with E-state index in [4.69, 9.17) is 5.11 Å². The normalized spacial score (nSPS) is 9.38. The van der Waals surface area contributed by atoms with E-state index in [1.165, 1.54) is 18.9 Å². The molecule has 6 heteroatoms. The van der Waals surface area contributed by atoms with Gasteiger partial charge in [-0.15, -0.1) is 0 Å². The van der Waals surface area contributed by atoms with E-state index in [0.717, 1.165) is 0 Å². The Morgan fingerprint density at radius 1 is 1.54 bits per heavy atom. The zero-order valence-corrected chi connectivity index (χ0v) is 8.23. The highest BCUT2D eigenvalue weighted by atomic mass is 32.2.